The maximum Gasteiger partial charge on any atom is 0.242 e. The number of rotatable bonds is 3. The third-order valence-corrected chi connectivity index (χ3v) is 7.21. The van der Waals surface area contributed by atoms with Crippen LogP contribution in [0.1, 0.15) is 10.4 Å². The molecule has 0 spiro atoms. The minimum atomic E-state index is -0.591. The summed E-state index contributed by atoms with van der Waals surface area (Å²) in [5.74, 6) is -1.71. The second kappa shape index (κ2) is 6.02. The second-order valence-corrected chi connectivity index (χ2v) is 9.05. The van der Waals surface area contributed by atoms with Crippen LogP contribution in [-0.2, 0) is 19.2 Å². The molecule has 1 aromatic heterocycles. The van der Waals surface area contributed by atoms with E-state index in [9.17, 15) is 14.7 Å². The van der Waals surface area contributed by atoms with Crippen molar-refractivity contribution in [3.05, 3.63) is 34.8 Å². The molecular formula is C20H17N3O6S. The van der Waals surface area contributed by atoms with Crippen LogP contribution in [0.4, 0.5) is 5.13 Å². The molecule has 6 rings (SSSR count). The molecule has 0 saturated carbocycles. The second-order valence-electron chi connectivity index (χ2n) is 7.84. The Morgan fingerprint density at radius 3 is 2.57 bits per heavy atom. The van der Waals surface area contributed by atoms with Crippen molar-refractivity contribution in [1.82, 2.24) is 4.98 Å². The number of benzene rings is 1. The first-order valence-corrected chi connectivity index (χ1v) is 10.4. The number of phenols is 1. The van der Waals surface area contributed by atoms with E-state index >= 15 is 0 Å². The van der Waals surface area contributed by atoms with Crippen molar-refractivity contribution in [1.29, 1.82) is 0 Å². The highest BCUT2D eigenvalue weighted by Crippen LogP contribution is 2.55. The van der Waals surface area contributed by atoms with Gasteiger partial charge in [0.1, 0.15) is 6.10 Å². The lowest BCUT2D eigenvalue weighted by Crippen LogP contribution is -2.45. The lowest BCUT2D eigenvalue weighted by molar-refractivity contribution is -0.125. The molecule has 5 heterocycles. The molecule has 9 nitrogen and oxygen atoms in total. The molecule has 0 unspecified atom stereocenters. The largest absolute Gasteiger partial charge is 0.504 e. The van der Waals surface area contributed by atoms with E-state index < -0.39 is 30.1 Å². The van der Waals surface area contributed by atoms with Gasteiger partial charge in [0.05, 0.1) is 36.7 Å². The first kappa shape index (κ1) is 17.8. The van der Waals surface area contributed by atoms with Crippen molar-refractivity contribution in [2.24, 2.45) is 22.9 Å². The van der Waals surface area contributed by atoms with Crippen molar-refractivity contribution in [2.75, 3.05) is 12.0 Å². The van der Waals surface area contributed by atoms with Crippen LogP contribution in [-0.4, -0.2) is 53.0 Å². The monoisotopic (exact) mass is 427 g/mol. The minimum Gasteiger partial charge on any atom is -0.504 e. The number of aryl methyl sites for hydroxylation is 1. The van der Waals surface area contributed by atoms with Gasteiger partial charge in [0.25, 0.3) is 0 Å². The van der Waals surface area contributed by atoms with Crippen LogP contribution in [0.5, 0.6) is 11.5 Å². The van der Waals surface area contributed by atoms with E-state index in [2.05, 4.69) is 10.1 Å². The topological polar surface area (TPSA) is 111 Å². The van der Waals surface area contributed by atoms with Gasteiger partial charge >= 0.3 is 0 Å². The third-order valence-electron chi connectivity index (χ3n) is 6.32. The number of thiazole rings is 1. The molecule has 10 heteroatoms. The molecule has 2 aromatic rings. The number of carbonyl (C=O) groups excluding carboxylic acids is 2. The molecule has 2 bridgehead atoms. The van der Waals surface area contributed by atoms with Gasteiger partial charge in [-0.25, -0.2) is 9.88 Å². The molecule has 3 fully saturated rings. The summed E-state index contributed by atoms with van der Waals surface area (Å²) in [6, 6.07) is 4.98. The standard InChI is InChI=1S/C20H17N3O6S/c1-7-6-21-20(30-7)23-18(25)11-12(19(23)26)16-17-13(15(11)28-16)14(22-29-17)8-3-4-10(27-2)9(24)5-8/h3-6,11-13,15-17,24H,1-2H3/t11-,12+,13-,15-,16+,17-/m1/s1. The smallest absolute Gasteiger partial charge is 0.242 e. The normalized spacial score (nSPS) is 33.5. The average molecular weight is 427 g/mol. The zero-order valence-electron chi connectivity index (χ0n) is 16.0. The van der Waals surface area contributed by atoms with Crippen molar-refractivity contribution < 1.29 is 29.0 Å². The maximum atomic E-state index is 13.2. The molecule has 154 valence electrons. The van der Waals surface area contributed by atoms with Gasteiger partial charge in [-0.3, -0.25) is 9.59 Å². The lowest BCUT2D eigenvalue weighted by Gasteiger charge is -2.26. The van der Waals surface area contributed by atoms with E-state index in [0.717, 1.165) is 4.88 Å². The van der Waals surface area contributed by atoms with Crippen LogP contribution >= 0.6 is 11.3 Å². The van der Waals surface area contributed by atoms with Crippen LogP contribution in [0, 0.1) is 24.7 Å². The number of hydrogen-bond donors (Lipinski definition) is 1. The van der Waals surface area contributed by atoms with Crippen molar-refractivity contribution in [3.63, 3.8) is 0 Å². The number of carbonyl (C=O) groups is 2. The SMILES string of the molecule is COc1ccc(C2=NO[C@H]3[C@H]4O[C@@H]([C@@H]23)[C@@H]2C(=O)N(c3ncc(C)s3)C(=O)[C@H]42)cc1O. The molecule has 4 aliphatic heterocycles. The van der Waals surface area contributed by atoms with Crippen LogP contribution in [0.2, 0.25) is 0 Å². The van der Waals surface area contributed by atoms with Gasteiger partial charge in [-0.05, 0) is 25.1 Å². The predicted octanol–water partition coefficient (Wildman–Crippen LogP) is 1.47. The minimum absolute atomic E-state index is 0.0134. The number of fused-ring (bicyclic) bond motifs is 8. The third kappa shape index (κ3) is 2.15. The summed E-state index contributed by atoms with van der Waals surface area (Å²) in [5.41, 5.74) is 1.27. The maximum absolute atomic E-state index is 13.2. The highest BCUT2D eigenvalue weighted by Gasteiger charge is 2.72. The molecule has 6 atom stereocenters. The molecule has 30 heavy (non-hydrogen) atoms. The number of nitrogens with zero attached hydrogens (tertiary/aromatic N) is 3. The fraction of sp³-hybridized carbons (Fsp3) is 0.400. The summed E-state index contributed by atoms with van der Waals surface area (Å²) in [5, 5.41) is 14.8. The quantitative estimate of drug-likeness (QED) is 0.739. The highest BCUT2D eigenvalue weighted by atomic mass is 32.1. The zero-order chi connectivity index (χ0) is 20.7. The summed E-state index contributed by atoms with van der Waals surface area (Å²) in [6.45, 7) is 1.88. The van der Waals surface area contributed by atoms with Gasteiger partial charge in [-0.15, -0.1) is 11.3 Å². The number of methoxy groups -OCH3 is 1. The molecule has 1 aromatic carbocycles. The Bertz CT molecular complexity index is 1130. The number of hydrogen-bond acceptors (Lipinski definition) is 9. The number of anilines is 1. The van der Waals surface area contributed by atoms with E-state index in [1.165, 1.54) is 23.3 Å². The summed E-state index contributed by atoms with van der Waals surface area (Å²) in [6.07, 6.45) is 0.155. The lowest BCUT2D eigenvalue weighted by atomic mass is 9.71. The summed E-state index contributed by atoms with van der Waals surface area (Å²) in [4.78, 5) is 38.3. The Hall–Kier alpha value is -2.98. The number of phenolic OH excluding ortho intramolecular Hbond substituents is 1. The number of ether oxygens (including phenoxy) is 2. The fourth-order valence-electron chi connectivity index (χ4n) is 5.08. The number of aromatic nitrogens is 1. The predicted molar refractivity (Wildman–Crippen MR) is 105 cm³/mol. The zero-order valence-corrected chi connectivity index (χ0v) is 16.8. The van der Waals surface area contributed by atoms with E-state index in [1.807, 2.05) is 6.92 Å². The molecule has 0 aliphatic carbocycles. The van der Waals surface area contributed by atoms with Crippen molar-refractivity contribution >= 4 is 34.0 Å². The number of oxime groups is 1. The fourth-order valence-corrected chi connectivity index (χ4v) is 5.85. The van der Waals surface area contributed by atoms with Crippen LogP contribution < -0.4 is 9.64 Å². The Balaban J connectivity index is 1.34. The Morgan fingerprint density at radius 1 is 1.13 bits per heavy atom. The molecule has 0 radical (unpaired) electrons. The summed E-state index contributed by atoms with van der Waals surface area (Å²) >= 11 is 1.32. The molecule has 3 saturated heterocycles. The molecular weight excluding hydrogens is 410 g/mol. The number of aromatic hydroxyl groups is 1. The van der Waals surface area contributed by atoms with Gasteiger partial charge < -0.3 is 19.4 Å². The van der Waals surface area contributed by atoms with Crippen LogP contribution in [0.25, 0.3) is 0 Å². The van der Waals surface area contributed by atoms with Crippen molar-refractivity contribution in [3.8, 4) is 11.5 Å². The molecule has 1 N–H and O–H groups in total. The van der Waals surface area contributed by atoms with E-state index in [-0.39, 0.29) is 23.5 Å². The first-order valence-electron chi connectivity index (χ1n) is 9.56. The number of imide groups is 1. The highest BCUT2D eigenvalue weighted by molar-refractivity contribution is 7.16. The van der Waals surface area contributed by atoms with Crippen LogP contribution in [0.3, 0.4) is 0 Å². The number of amides is 2. The van der Waals surface area contributed by atoms with Gasteiger partial charge in [0.15, 0.2) is 22.7 Å². The van der Waals surface area contributed by atoms with E-state index in [1.54, 1.807) is 24.4 Å². The summed E-state index contributed by atoms with van der Waals surface area (Å²) < 4.78 is 11.2. The summed E-state index contributed by atoms with van der Waals surface area (Å²) in [7, 11) is 1.48. The van der Waals surface area contributed by atoms with Gasteiger partial charge in [-0.1, -0.05) is 5.16 Å². The van der Waals surface area contributed by atoms with Gasteiger partial charge in [0.2, 0.25) is 11.8 Å². The molecule has 2 amide bonds. The Morgan fingerprint density at radius 2 is 1.90 bits per heavy atom. The van der Waals surface area contributed by atoms with Crippen LogP contribution in [0.15, 0.2) is 29.6 Å². The first-order chi connectivity index (χ1) is 14.5. The molecule has 4 aliphatic rings. The Labute approximate surface area is 174 Å². The van der Waals surface area contributed by atoms with Crippen molar-refractivity contribution in [2.45, 2.75) is 25.2 Å². The Kier molecular flexibility index (Phi) is 3.58. The average Bonchev–Trinajstić information content (AvgIpc) is 3.50. The van der Waals surface area contributed by atoms with Gasteiger partial charge in [0, 0.05) is 16.6 Å². The van der Waals surface area contributed by atoms with E-state index in [0.29, 0.717) is 22.2 Å². The van der Waals surface area contributed by atoms with Gasteiger partial charge in [-0.2, -0.15) is 0 Å². The van der Waals surface area contributed by atoms with E-state index in [4.69, 9.17) is 14.3 Å².